The summed E-state index contributed by atoms with van der Waals surface area (Å²) >= 11 is 1.82. The molecule has 0 aliphatic carbocycles. The number of piperidine rings is 1. The van der Waals surface area contributed by atoms with Crippen LogP contribution < -0.4 is 5.69 Å². The molecule has 1 aliphatic heterocycles. The SMILES string of the molecule is CC(C)(c1cccs1)N1CCC(n2c(=O)[nH]c3ccccc32)CC1. The van der Waals surface area contributed by atoms with Crippen LogP contribution in [0.3, 0.4) is 0 Å². The van der Waals surface area contributed by atoms with Crippen molar-refractivity contribution >= 4 is 22.4 Å². The van der Waals surface area contributed by atoms with Crippen molar-refractivity contribution in [2.24, 2.45) is 0 Å². The van der Waals surface area contributed by atoms with Gasteiger partial charge in [-0.25, -0.2) is 4.79 Å². The van der Waals surface area contributed by atoms with Gasteiger partial charge >= 0.3 is 5.69 Å². The molecular formula is C19H23N3OS. The Balaban J connectivity index is 1.56. The average Bonchev–Trinajstić information content (AvgIpc) is 3.22. The van der Waals surface area contributed by atoms with E-state index in [2.05, 4.69) is 41.2 Å². The molecule has 4 rings (SSSR count). The molecule has 0 radical (unpaired) electrons. The van der Waals surface area contributed by atoms with E-state index < -0.39 is 0 Å². The smallest absolute Gasteiger partial charge is 0.306 e. The van der Waals surface area contributed by atoms with Gasteiger partial charge in [0.15, 0.2) is 0 Å². The van der Waals surface area contributed by atoms with E-state index in [0.29, 0.717) is 0 Å². The van der Waals surface area contributed by atoms with Crippen LogP contribution in [0.4, 0.5) is 0 Å². The van der Waals surface area contributed by atoms with Gasteiger partial charge in [0.25, 0.3) is 0 Å². The first kappa shape index (κ1) is 15.7. The normalized spacial score (nSPS) is 17.6. The summed E-state index contributed by atoms with van der Waals surface area (Å²) in [7, 11) is 0. The summed E-state index contributed by atoms with van der Waals surface area (Å²) in [5.74, 6) is 0. The van der Waals surface area contributed by atoms with Gasteiger partial charge in [-0.1, -0.05) is 18.2 Å². The molecule has 4 nitrogen and oxygen atoms in total. The number of nitrogens with zero attached hydrogens (tertiary/aromatic N) is 2. The monoisotopic (exact) mass is 341 g/mol. The fourth-order valence-electron chi connectivity index (χ4n) is 3.90. The maximum absolute atomic E-state index is 12.4. The predicted molar refractivity (Wildman–Crippen MR) is 99.7 cm³/mol. The minimum Gasteiger partial charge on any atom is -0.306 e. The van der Waals surface area contributed by atoms with E-state index in [1.165, 1.54) is 4.88 Å². The molecule has 2 aromatic heterocycles. The zero-order chi connectivity index (χ0) is 16.7. The van der Waals surface area contributed by atoms with Gasteiger partial charge in [0.05, 0.1) is 11.0 Å². The summed E-state index contributed by atoms with van der Waals surface area (Å²) in [6.45, 7) is 6.64. The molecule has 1 aliphatic rings. The van der Waals surface area contributed by atoms with Crippen LogP contribution in [0.25, 0.3) is 11.0 Å². The Kier molecular flexibility index (Phi) is 3.85. The molecule has 24 heavy (non-hydrogen) atoms. The summed E-state index contributed by atoms with van der Waals surface area (Å²) in [6.07, 6.45) is 2.02. The quantitative estimate of drug-likeness (QED) is 0.783. The second-order valence-corrected chi connectivity index (χ2v) is 8.02. The highest BCUT2D eigenvalue weighted by atomic mass is 32.1. The number of para-hydroxylation sites is 2. The zero-order valence-corrected chi connectivity index (χ0v) is 15.0. The van der Waals surface area contributed by atoms with Crippen LogP contribution in [0.2, 0.25) is 0 Å². The van der Waals surface area contributed by atoms with Gasteiger partial charge in [-0.3, -0.25) is 9.47 Å². The van der Waals surface area contributed by atoms with Crippen molar-refractivity contribution in [2.75, 3.05) is 13.1 Å². The minimum absolute atomic E-state index is 0.0205. The number of hydrogen-bond acceptors (Lipinski definition) is 3. The third kappa shape index (κ3) is 2.52. The van der Waals surface area contributed by atoms with Crippen LogP contribution in [-0.4, -0.2) is 27.5 Å². The van der Waals surface area contributed by atoms with Crippen molar-refractivity contribution in [1.82, 2.24) is 14.5 Å². The second kappa shape index (κ2) is 5.90. The van der Waals surface area contributed by atoms with Crippen molar-refractivity contribution in [3.8, 4) is 0 Å². The van der Waals surface area contributed by atoms with Crippen LogP contribution in [-0.2, 0) is 5.54 Å². The van der Waals surface area contributed by atoms with Crippen molar-refractivity contribution in [2.45, 2.75) is 38.3 Å². The summed E-state index contributed by atoms with van der Waals surface area (Å²) in [4.78, 5) is 19.3. The average molecular weight is 341 g/mol. The molecule has 0 bridgehead atoms. The lowest BCUT2D eigenvalue weighted by atomic mass is 9.95. The Morgan fingerprint density at radius 3 is 2.58 bits per heavy atom. The summed E-state index contributed by atoms with van der Waals surface area (Å²) in [5, 5.41) is 2.15. The molecule has 0 saturated carbocycles. The van der Waals surface area contributed by atoms with Crippen molar-refractivity contribution in [3.05, 3.63) is 57.1 Å². The van der Waals surface area contributed by atoms with E-state index in [1.54, 1.807) is 0 Å². The van der Waals surface area contributed by atoms with Crippen LogP contribution in [0, 0.1) is 0 Å². The predicted octanol–water partition coefficient (Wildman–Crippen LogP) is 3.96. The first-order chi connectivity index (χ1) is 11.6. The van der Waals surface area contributed by atoms with Crippen molar-refractivity contribution in [3.63, 3.8) is 0 Å². The van der Waals surface area contributed by atoms with E-state index in [0.717, 1.165) is 37.0 Å². The molecule has 1 fully saturated rings. The minimum atomic E-state index is 0.0205. The number of hydrogen-bond donors (Lipinski definition) is 1. The molecular weight excluding hydrogens is 318 g/mol. The number of nitrogens with one attached hydrogen (secondary N) is 1. The van der Waals surface area contributed by atoms with Gasteiger partial charge in [0.1, 0.15) is 0 Å². The van der Waals surface area contributed by atoms with Crippen molar-refractivity contribution < 1.29 is 0 Å². The molecule has 0 amide bonds. The van der Waals surface area contributed by atoms with Crippen LogP contribution >= 0.6 is 11.3 Å². The lowest BCUT2D eigenvalue weighted by Crippen LogP contribution is -2.46. The number of aromatic nitrogens is 2. The number of rotatable bonds is 3. The van der Waals surface area contributed by atoms with Gasteiger partial charge in [-0.05, 0) is 50.3 Å². The first-order valence-corrected chi connectivity index (χ1v) is 9.43. The third-order valence-corrected chi connectivity index (χ3v) is 6.55. The highest BCUT2D eigenvalue weighted by Gasteiger charge is 2.33. The van der Waals surface area contributed by atoms with Crippen LogP contribution in [0.15, 0.2) is 46.6 Å². The van der Waals surface area contributed by atoms with Gasteiger partial charge in [0.2, 0.25) is 0 Å². The molecule has 126 valence electrons. The van der Waals surface area contributed by atoms with Crippen LogP contribution in [0.1, 0.15) is 37.6 Å². The number of fused-ring (bicyclic) bond motifs is 1. The number of likely N-dealkylation sites (tertiary alicyclic amines) is 1. The first-order valence-electron chi connectivity index (χ1n) is 8.55. The molecule has 3 heterocycles. The molecule has 0 atom stereocenters. The zero-order valence-electron chi connectivity index (χ0n) is 14.2. The number of thiophene rings is 1. The molecule has 3 aromatic rings. The van der Waals surface area contributed by atoms with Gasteiger partial charge in [-0.2, -0.15) is 0 Å². The van der Waals surface area contributed by atoms with E-state index in [-0.39, 0.29) is 17.3 Å². The van der Waals surface area contributed by atoms with Gasteiger partial charge < -0.3 is 4.98 Å². The summed E-state index contributed by atoms with van der Waals surface area (Å²) in [5.41, 5.74) is 2.04. The molecule has 1 N–H and O–H groups in total. The Hall–Kier alpha value is -1.85. The molecule has 0 unspecified atom stereocenters. The standard InChI is InChI=1S/C19H23N3OS/c1-19(2,17-8-5-13-24-17)21-11-9-14(10-12-21)22-16-7-4-3-6-15(16)20-18(22)23/h3-8,13-14H,9-12H2,1-2H3,(H,20,23). The maximum Gasteiger partial charge on any atom is 0.326 e. The van der Waals surface area contributed by atoms with E-state index in [9.17, 15) is 4.79 Å². The van der Waals surface area contributed by atoms with Gasteiger partial charge in [0, 0.05) is 29.5 Å². The third-order valence-electron chi connectivity index (χ3n) is 5.37. The lowest BCUT2D eigenvalue weighted by molar-refractivity contribution is 0.0780. The number of imidazole rings is 1. The van der Waals surface area contributed by atoms with E-state index in [1.807, 2.05) is 40.2 Å². The largest absolute Gasteiger partial charge is 0.326 e. The van der Waals surface area contributed by atoms with Crippen LogP contribution in [0.5, 0.6) is 0 Å². The molecule has 1 saturated heterocycles. The number of benzene rings is 1. The Bertz CT molecular complexity index is 883. The lowest BCUT2D eigenvalue weighted by Gasteiger charge is -2.42. The topological polar surface area (TPSA) is 41.0 Å². The summed E-state index contributed by atoms with van der Waals surface area (Å²) in [6, 6.07) is 12.6. The van der Waals surface area contributed by atoms with Gasteiger partial charge in [-0.15, -0.1) is 11.3 Å². The van der Waals surface area contributed by atoms with Crippen molar-refractivity contribution in [1.29, 1.82) is 0 Å². The fraction of sp³-hybridized carbons (Fsp3) is 0.421. The molecule has 5 heteroatoms. The highest BCUT2D eigenvalue weighted by Crippen LogP contribution is 2.35. The van der Waals surface area contributed by atoms with E-state index >= 15 is 0 Å². The maximum atomic E-state index is 12.4. The fourth-order valence-corrected chi connectivity index (χ4v) is 4.78. The number of aromatic amines is 1. The second-order valence-electron chi connectivity index (χ2n) is 7.07. The Morgan fingerprint density at radius 2 is 1.88 bits per heavy atom. The summed E-state index contributed by atoms with van der Waals surface area (Å²) < 4.78 is 1.96. The highest BCUT2D eigenvalue weighted by molar-refractivity contribution is 7.10. The Morgan fingerprint density at radius 1 is 1.12 bits per heavy atom. The van der Waals surface area contributed by atoms with E-state index in [4.69, 9.17) is 0 Å². The Labute approximate surface area is 145 Å². The number of H-pyrrole nitrogens is 1. The molecule has 0 spiro atoms. The molecule has 1 aromatic carbocycles.